The van der Waals surface area contributed by atoms with Crippen molar-refractivity contribution < 1.29 is 0 Å². The van der Waals surface area contributed by atoms with Gasteiger partial charge in [0.2, 0.25) is 0 Å². The molecule has 94 valence electrons. The summed E-state index contributed by atoms with van der Waals surface area (Å²) < 4.78 is 0. The van der Waals surface area contributed by atoms with E-state index in [4.69, 9.17) is 6.42 Å². The number of nitrogens with zero attached hydrogens (tertiary/aromatic N) is 1. The molecule has 2 nitrogen and oxygen atoms in total. The minimum absolute atomic E-state index is 0.856. The fourth-order valence-corrected chi connectivity index (χ4v) is 2.28. The molecule has 0 aliphatic heterocycles. The molecule has 0 fully saturated rings. The molecule has 20 heavy (non-hydrogen) atoms. The smallest absolute Gasteiger partial charge is 0.139 e. The minimum Gasteiger partial charge on any atom is -0.361 e. The molecule has 0 bridgehead atoms. The lowest BCUT2D eigenvalue weighted by Gasteiger charge is -2.00. The van der Waals surface area contributed by atoms with Gasteiger partial charge in [-0.3, -0.25) is 4.98 Å². The van der Waals surface area contributed by atoms with Crippen molar-refractivity contribution in [3.05, 3.63) is 60.0 Å². The average molecular weight is 256 g/mol. The highest BCUT2D eigenvalue weighted by Gasteiger charge is 2.07. The third-order valence-electron chi connectivity index (χ3n) is 3.28. The van der Waals surface area contributed by atoms with Gasteiger partial charge in [-0.25, -0.2) is 0 Å². The number of allylic oxidation sites excluding steroid dienone is 1. The number of benzene rings is 1. The molecule has 3 aromatic rings. The van der Waals surface area contributed by atoms with Crippen molar-refractivity contribution in [3.63, 3.8) is 0 Å². The van der Waals surface area contributed by atoms with Crippen LogP contribution in [0.4, 0.5) is 0 Å². The van der Waals surface area contributed by atoms with E-state index in [2.05, 4.69) is 41.9 Å². The van der Waals surface area contributed by atoms with E-state index in [9.17, 15) is 0 Å². The van der Waals surface area contributed by atoms with Gasteiger partial charge in [0.05, 0.1) is 0 Å². The Balaban J connectivity index is 2.16. The molecule has 2 aromatic heterocycles. The lowest BCUT2D eigenvalue weighted by molar-refractivity contribution is 1.32. The monoisotopic (exact) mass is 256 g/mol. The second-order valence-corrected chi connectivity index (χ2v) is 4.74. The molecule has 0 amide bonds. The Kier molecular flexibility index (Phi) is 3.14. The van der Waals surface area contributed by atoms with Crippen LogP contribution in [0.2, 0.25) is 0 Å². The number of pyridine rings is 1. The van der Waals surface area contributed by atoms with Crippen LogP contribution in [0.25, 0.3) is 22.6 Å². The summed E-state index contributed by atoms with van der Waals surface area (Å²) >= 11 is 0. The first-order chi connectivity index (χ1) is 9.78. The van der Waals surface area contributed by atoms with Crippen molar-refractivity contribution >= 4 is 35.9 Å². The predicted molar refractivity (Wildman–Crippen MR) is 87.4 cm³/mol. The Morgan fingerprint density at radius 3 is 3.00 bits per heavy atom. The summed E-state index contributed by atoms with van der Waals surface area (Å²) in [5, 5.41) is 1.15. The highest BCUT2D eigenvalue weighted by atomic mass is 14.7. The van der Waals surface area contributed by atoms with Crippen molar-refractivity contribution in [1.29, 1.82) is 0 Å². The van der Waals surface area contributed by atoms with Gasteiger partial charge in [0.15, 0.2) is 0 Å². The standard InChI is InChI=1S/C17H13BN2/c1-2-13(8-12-4-3-7-19-10-12)16-11-20-17-6-5-14(18)9-15(16)17/h1,3-11,20H,18H2/b13-8+. The molecule has 0 unspecified atom stereocenters. The zero-order chi connectivity index (χ0) is 13.9. The molecule has 1 aromatic carbocycles. The third-order valence-corrected chi connectivity index (χ3v) is 3.28. The Morgan fingerprint density at radius 1 is 1.35 bits per heavy atom. The fraction of sp³-hybridized carbons (Fsp3) is 0. The van der Waals surface area contributed by atoms with E-state index in [1.165, 1.54) is 5.46 Å². The first kappa shape index (κ1) is 12.3. The molecule has 3 heteroatoms. The average Bonchev–Trinajstić information content (AvgIpc) is 2.89. The maximum atomic E-state index is 5.69. The van der Waals surface area contributed by atoms with Crippen LogP contribution in [-0.4, -0.2) is 17.8 Å². The highest BCUT2D eigenvalue weighted by Crippen LogP contribution is 2.25. The number of hydrogen-bond donors (Lipinski definition) is 1. The van der Waals surface area contributed by atoms with Gasteiger partial charge >= 0.3 is 0 Å². The van der Waals surface area contributed by atoms with Crippen LogP contribution in [0, 0.1) is 12.3 Å². The highest BCUT2D eigenvalue weighted by molar-refractivity contribution is 6.33. The van der Waals surface area contributed by atoms with Gasteiger partial charge in [0, 0.05) is 40.6 Å². The lowest BCUT2D eigenvalue weighted by atomic mass is 9.93. The minimum atomic E-state index is 0.856. The third kappa shape index (κ3) is 2.24. The summed E-state index contributed by atoms with van der Waals surface area (Å²) in [4.78, 5) is 7.37. The Bertz CT molecular complexity index is 823. The number of fused-ring (bicyclic) bond motifs is 1. The van der Waals surface area contributed by atoms with Crippen molar-refractivity contribution in [2.75, 3.05) is 0 Å². The molecular formula is C17H13BN2. The molecule has 1 N–H and O–H groups in total. The molecular weight excluding hydrogens is 243 g/mol. The van der Waals surface area contributed by atoms with E-state index >= 15 is 0 Å². The van der Waals surface area contributed by atoms with E-state index in [-0.39, 0.29) is 0 Å². The van der Waals surface area contributed by atoms with Gasteiger partial charge < -0.3 is 4.98 Å². The quantitative estimate of drug-likeness (QED) is 0.551. The van der Waals surface area contributed by atoms with Gasteiger partial charge in [0.1, 0.15) is 7.85 Å². The molecule has 0 saturated heterocycles. The van der Waals surface area contributed by atoms with Crippen LogP contribution >= 0.6 is 0 Å². The van der Waals surface area contributed by atoms with Gasteiger partial charge in [-0.2, -0.15) is 0 Å². The molecule has 0 radical (unpaired) electrons. The Labute approximate surface area is 119 Å². The Hall–Kier alpha value is -2.73. The van der Waals surface area contributed by atoms with Crippen molar-refractivity contribution in [3.8, 4) is 12.3 Å². The molecule has 3 rings (SSSR count). The number of aromatic nitrogens is 2. The molecule has 0 aliphatic carbocycles. The molecule has 2 heterocycles. The number of rotatable bonds is 2. The number of hydrogen-bond acceptors (Lipinski definition) is 1. The second-order valence-electron chi connectivity index (χ2n) is 4.74. The maximum absolute atomic E-state index is 5.69. The van der Waals surface area contributed by atoms with Crippen LogP contribution in [0.1, 0.15) is 11.1 Å². The summed E-state index contributed by atoms with van der Waals surface area (Å²) in [5.41, 5.74) is 5.22. The first-order valence-electron chi connectivity index (χ1n) is 6.44. The van der Waals surface area contributed by atoms with Crippen LogP contribution in [0.5, 0.6) is 0 Å². The predicted octanol–water partition coefficient (Wildman–Crippen LogP) is 2.00. The number of nitrogens with one attached hydrogen (secondary N) is 1. The zero-order valence-electron chi connectivity index (χ0n) is 11.2. The Morgan fingerprint density at radius 2 is 2.25 bits per heavy atom. The van der Waals surface area contributed by atoms with E-state index in [1.54, 1.807) is 12.4 Å². The zero-order valence-corrected chi connectivity index (χ0v) is 11.2. The van der Waals surface area contributed by atoms with Crippen molar-refractivity contribution in [1.82, 2.24) is 9.97 Å². The number of aromatic amines is 1. The molecule has 0 spiro atoms. The molecule has 0 atom stereocenters. The second kappa shape index (κ2) is 5.10. The maximum Gasteiger partial charge on any atom is 0.139 e. The summed E-state index contributed by atoms with van der Waals surface area (Å²) in [6, 6.07) is 10.2. The summed E-state index contributed by atoms with van der Waals surface area (Å²) in [7, 11) is 2.08. The lowest BCUT2D eigenvalue weighted by Crippen LogP contribution is -1.99. The topological polar surface area (TPSA) is 28.7 Å². The largest absolute Gasteiger partial charge is 0.361 e. The molecule has 0 saturated carbocycles. The van der Waals surface area contributed by atoms with Gasteiger partial charge in [-0.1, -0.05) is 29.6 Å². The van der Waals surface area contributed by atoms with Crippen LogP contribution in [-0.2, 0) is 0 Å². The van der Waals surface area contributed by atoms with E-state index < -0.39 is 0 Å². The van der Waals surface area contributed by atoms with E-state index in [1.807, 2.05) is 24.4 Å². The van der Waals surface area contributed by atoms with Gasteiger partial charge in [-0.15, -0.1) is 6.42 Å². The first-order valence-corrected chi connectivity index (χ1v) is 6.44. The SMILES string of the molecule is Bc1ccc2[nH]cc(/C(C#C)=C/c3cccnc3)c2c1. The van der Waals surface area contributed by atoms with Crippen LogP contribution < -0.4 is 5.46 Å². The van der Waals surface area contributed by atoms with Gasteiger partial charge in [0.25, 0.3) is 0 Å². The van der Waals surface area contributed by atoms with E-state index in [0.717, 1.165) is 27.6 Å². The fourth-order valence-electron chi connectivity index (χ4n) is 2.28. The number of H-pyrrole nitrogens is 1. The van der Waals surface area contributed by atoms with Crippen LogP contribution in [0.3, 0.4) is 0 Å². The molecule has 0 aliphatic rings. The van der Waals surface area contributed by atoms with Crippen LogP contribution in [0.15, 0.2) is 48.9 Å². The summed E-state index contributed by atoms with van der Waals surface area (Å²) in [5.74, 6) is 2.78. The van der Waals surface area contributed by atoms with Gasteiger partial charge in [-0.05, 0) is 23.8 Å². The summed E-state index contributed by atoms with van der Waals surface area (Å²) in [6.45, 7) is 0. The summed E-state index contributed by atoms with van der Waals surface area (Å²) in [6.07, 6.45) is 13.2. The normalized spacial score (nSPS) is 11.4. The van der Waals surface area contributed by atoms with E-state index in [0.29, 0.717) is 0 Å². The van der Waals surface area contributed by atoms with Crippen molar-refractivity contribution in [2.24, 2.45) is 0 Å². The number of terminal acetylenes is 1. The van der Waals surface area contributed by atoms with Crippen molar-refractivity contribution in [2.45, 2.75) is 0 Å².